The number of esters is 1. The zero-order chi connectivity index (χ0) is 21.9. The Morgan fingerprint density at radius 1 is 1.13 bits per heavy atom. The monoisotopic (exact) mass is 418 g/mol. The van der Waals surface area contributed by atoms with E-state index in [4.69, 9.17) is 9.15 Å². The number of benzene rings is 2. The summed E-state index contributed by atoms with van der Waals surface area (Å²) in [4.78, 5) is 25.3. The summed E-state index contributed by atoms with van der Waals surface area (Å²) < 4.78 is 13.1. The minimum absolute atomic E-state index is 0.0296. The number of phenols is 2. The van der Waals surface area contributed by atoms with Gasteiger partial charge in [-0.05, 0) is 6.92 Å². The quantitative estimate of drug-likeness (QED) is 0.291. The Balaban J connectivity index is 1.90. The highest BCUT2D eigenvalue weighted by molar-refractivity contribution is 5.96. The van der Waals surface area contributed by atoms with Crippen LogP contribution in [-0.4, -0.2) is 26.0 Å². The van der Waals surface area contributed by atoms with Crippen LogP contribution < -0.4 is 10.2 Å². The number of nitrogens with zero attached hydrogens (tertiary/aromatic N) is 2. The third kappa shape index (κ3) is 2.79. The maximum atomic E-state index is 13.0. The second-order valence-electron chi connectivity index (χ2n) is 7.52. The van der Waals surface area contributed by atoms with Crippen molar-refractivity contribution < 1.29 is 24.2 Å². The first kappa shape index (κ1) is 18.9. The first-order chi connectivity index (χ1) is 14.9. The Hall–Kier alpha value is -4.07. The molecule has 156 valence electrons. The molecule has 2 aromatic carbocycles. The van der Waals surface area contributed by atoms with Crippen molar-refractivity contribution in [2.75, 3.05) is 0 Å². The number of aromatic nitrogens is 2. The van der Waals surface area contributed by atoms with Crippen LogP contribution in [0, 0.1) is 6.92 Å². The van der Waals surface area contributed by atoms with Crippen LogP contribution in [-0.2, 0) is 11.8 Å². The highest BCUT2D eigenvalue weighted by Crippen LogP contribution is 2.52. The molecule has 0 amide bonds. The van der Waals surface area contributed by atoms with E-state index in [1.54, 1.807) is 30.1 Å². The van der Waals surface area contributed by atoms with Gasteiger partial charge in [0.15, 0.2) is 16.9 Å². The molecule has 0 spiro atoms. The average Bonchev–Trinajstić information content (AvgIpc) is 3.09. The molecule has 0 saturated carbocycles. The molecule has 0 saturated heterocycles. The number of aromatic hydroxyl groups is 2. The Kier molecular flexibility index (Phi) is 4.11. The highest BCUT2D eigenvalue weighted by atomic mass is 16.5. The van der Waals surface area contributed by atoms with Gasteiger partial charge in [0.25, 0.3) is 0 Å². The molecule has 1 aliphatic rings. The summed E-state index contributed by atoms with van der Waals surface area (Å²) in [6.45, 7) is 1.86. The zero-order valence-corrected chi connectivity index (χ0v) is 16.7. The lowest BCUT2D eigenvalue weighted by Crippen LogP contribution is -2.22. The molecule has 2 aromatic heterocycles. The third-order valence-electron chi connectivity index (χ3n) is 5.76. The van der Waals surface area contributed by atoms with Gasteiger partial charge in [0, 0.05) is 35.9 Å². The molecule has 8 nitrogen and oxygen atoms in total. The van der Waals surface area contributed by atoms with E-state index >= 15 is 0 Å². The van der Waals surface area contributed by atoms with E-state index in [1.165, 1.54) is 6.07 Å². The number of aryl methyl sites for hydroxylation is 1. The molecule has 0 bridgehead atoms. The number of carbonyl (C=O) groups excluding carboxylic acids is 1. The van der Waals surface area contributed by atoms with Gasteiger partial charge in [-0.3, -0.25) is 14.3 Å². The summed E-state index contributed by atoms with van der Waals surface area (Å²) in [5, 5.41) is 25.2. The van der Waals surface area contributed by atoms with Gasteiger partial charge >= 0.3 is 5.97 Å². The van der Waals surface area contributed by atoms with E-state index in [-0.39, 0.29) is 23.1 Å². The molecule has 3 heterocycles. The minimum Gasteiger partial charge on any atom is -0.504 e. The molecule has 1 aliphatic heterocycles. The van der Waals surface area contributed by atoms with Crippen molar-refractivity contribution in [1.82, 2.24) is 9.78 Å². The van der Waals surface area contributed by atoms with Crippen molar-refractivity contribution >= 4 is 16.9 Å². The Morgan fingerprint density at radius 2 is 1.87 bits per heavy atom. The number of phenolic OH excluding ortho intramolecular Hbond substituents is 2. The minimum atomic E-state index is -0.682. The topological polar surface area (TPSA) is 115 Å². The molecule has 0 fully saturated rings. The molecule has 8 heteroatoms. The number of hydrogen-bond acceptors (Lipinski definition) is 7. The largest absolute Gasteiger partial charge is 0.504 e. The summed E-state index contributed by atoms with van der Waals surface area (Å²) in [5.74, 6) is -2.41. The molecule has 0 radical (unpaired) electrons. The van der Waals surface area contributed by atoms with Gasteiger partial charge < -0.3 is 19.4 Å². The van der Waals surface area contributed by atoms with Gasteiger partial charge in [-0.25, -0.2) is 0 Å². The van der Waals surface area contributed by atoms with Crippen LogP contribution in [0.2, 0.25) is 0 Å². The maximum Gasteiger partial charge on any atom is 0.312 e. The van der Waals surface area contributed by atoms with E-state index < -0.39 is 28.8 Å². The number of carbonyl (C=O) groups is 1. The standard InChI is InChI=1S/C23H18N2O6/c1-11-14(10-24-25(11)2)13-8-17(27)31-23-18(13)22-19(20(28)21(23)29)15(26)9-16(30-22)12-6-4-3-5-7-12/h3-7,9-10,13,28-29H,8H2,1-2H3/t13-/m1/s1. The number of rotatable bonds is 2. The van der Waals surface area contributed by atoms with Crippen molar-refractivity contribution in [3.05, 3.63) is 69.6 Å². The van der Waals surface area contributed by atoms with Gasteiger partial charge in [-0.15, -0.1) is 0 Å². The van der Waals surface area contributed by atoms with Crippen molar-refractivity contribution in [3.8, 4) is 28.6 Å². The molecular weight excluding hydrogens is 400 g/mol. The van der Waals surface area contributed by atoms with Crippen molar-refractivity contribution in [3.63, 3.8) is 0 Å². The third-order valence-corrected chi connectivity index (χ3v) is 5.76. The van der Waals surface area contributed by atoms with Crippen LogP contribution in [0.3, 0.4) is 0 Å². The van der Waals surface area contributed by atoms with Crippen LogP contribution >= 0.6 is 0 Å². The van der Waals surface area contributed by atoms with Crippen LogP contribution in [0.15, 0.2) is 51.8 Å². The SMILES string of the molecule is Cc1c([C@H]2CC(=O)Oc3c(O)c(O)c4c(=O)cc(-c5ccccc5)oc4c32)cnn1C. The molecule has 4 aromatic rings. The van der Waals surface area contributed by atoms with Crippen LogP contribution in [0.5, 0.6) is 17.2 Å². The van der Waals surface area contributed by atoms with Crippen LogP contribution in [0.4, 0.5) is 0 Å². The van der Waals surface area contributed by atoms with Gasteiger partial charge in [-0.2, -0.15) is 5.10 Å². The van der Waals surface area contributed by atoms with Gasteiger partial charge in [0.1, 0.15) is 16.7 Å². The van der Waals surface area contributed by atoms with Crippen molar-refractivity contribution in [2.45, 2.75) is 19.3 Å². The zero-order valence-electron chi connectivity index (χ0n) is 16.7. The fourth-order valence-corrected chi connectivity index (χ4v) is 4.08. The summed E-state index contributed by atoms with van der Waals surface area (Å²) in [6, 6.07) is 10.3. The van der Waals surface area contributed by atoms with E-state index in [2.05, 4.69) is 5.10 Å². The van der Waals surface area contributed by atoms with Gasteiger partial charge in [0.05, 0.1) is 18.2 Å². The summed E-state index contributed by atoms with van der Waals surface area (Å²) >= 11 is 0. The number of hydrogen-bond donors (Lipinski definition) is 2. The van der Waals surface area contributed by atoms with E-state index in [9.17, 15) is 19.8 Å². The second kappa shape index (κ2) is 6.73. The molecular formula is C23H18N2O6. The maximum absolute atomic E-state index is 13.0. The number of ether oxygens (including phenoxy) is 1. The Bertz CT molecular complexity index is 1420. The highest BCUT2D eigenvalue weighted by Gasteiger charge is 2.37. The lowest BCUT2D eigenvalue weighted by atomic mass is 9.85. The van der Waals surface area contributed by atoms with Gasteiger partial charge in [-0.1, -0.05) is 30.3 Å². The van der Waals surface area contributed by atoms with E-state index in [1.807, 2.05) is 25.1 Å². The smallest absolute Gasteiger partial charge is 0.312 e. The molecule has 2 N–H and O–H groups in total. The molecule has 31 heavy (non-hydrogen) atoms. The Morgan fingerprint density at radius 3 is 2.55 bits per heavy atom. The number of fused-ring (bicyclic) bond motifs is 3. The fourth-order valence-electron chi connectivity index (χ4n) is 4.08. The van der Waals surface area contributed by atoms with Crippen molar-refractivity contribution in [2.24, 2.45) is 7.05 Å². The average molecular weight is 418 g/mol. The molecule has 0 unspecified atom stereocenters. The molecule has 0 aliphatic carbocycles. The first-order valence-corrected chi connectivity index (χ1v) is 9.67. The fraction of sp³-hybridized carbons (Fsp3) is 0.174. The predicted molar refractivity (Wildman–Crippen MR) is 111 cm³/mol. The van der Waals surface area contributed by atoms with E-state index in [0.29, 0.717) is 16.9 Å². The second-order valence-corrected chi connectivity index (χ2v) is 7.52. The van der Waals surface area contributed by atoms with E-state index in [0.717, 1.165) is 11.3 Å². The Labute approximate surface area is 175 Å². The lowest BCUT2D eigenvalue weighted by Gasteiger charge is -2.26. The summed E-state index contributed by atoms with van der Waals surface area (Å²) in [5.41, 5.74) is 2.10. The summed E-state index contributed by atoms with van der Waals surface area (Å²) in [6.07, 6.45) is 1.61. The normalized spacial score (nSPS) is 15.7. The lowest BCUT2D eigenvalue weighted by molar-refractivity contribution is -0.135. The first-order valence-electron chi connectivity index (χ1n) is 9.67. The summed E-state index contributed by atoms with van der Waals surface area (Å²) in [7, 11) is 1.78. The van der Waals surface area contributed by atoms with Crippen molar-refractivity contribution in [1.29, 1.82) is 0 Å². The molecule has 1 atom stereocenters. The van der Waals surface area contributed by atoms with Crippen LogP contribution in [0.25, 0.3) is 22.3 Å². The molecule has 5 rings (SSSR count). The predicted octanol–water partition coefficient (Wildman–Crippen LogP) is 3.35. The van der Waals surface area contributed by atoms with Crippen LogP contribution in [0.1, 0.15) is 29.2 Å². The van der Waals surface area contributed by atoms with Gasteiger partial charge in [0.2, 0.25) is 5.75 Å².